The lowest BCUT2D eigenvalue weighted by Crippen LogP contribution is -2.41. The van der Waals surface area contributed by atoms with Crippen molar-refractivity contribution in [2.75, 3.05) is 24.1 Å². The molecule has 18 heavy (non-hydrogen) atoms. The highest BCUT2D eigenvalue weighted by atomic mass is 16.2. The third-order valence-corrected chi connectivity index (χ3v) is 2.79. The van der Waals surface area contributed by atoms with Gasteiger partial charge in [0.25, 0.3) is 0 Å². The van der Waals surface area contributed by atoms with Crippen molar-refractivity contribution in [3.63, 3.8) is 0 Å². The van der Waals surface area contributed by atoms with Crippen LogP contribution in [-0.2, 0) is 4.79 Å². The van der Waals surface area contributed by atoms with E-state index < -0.39 is 0 Å². The second-order valence-corrected chi connectivity index (χ2v) is 4.14. The monoisotopic (exact) mass is 251 g/mol. The molecule has 100 valence electrons. The normalized spacial score (nSPS) is 12.0. The van der Waals surface area contributed by atoms with E-state index in [1.165, 1.54) is 0 Å². The van der Waals surface area contributed by atoms with Crippen LogP contribution in [0, 0.1) is 6.92 Å². The molecule has 0 aliphatic carbocycles. The van der Waals surface area contributed by atoms with Gasteiger partial charge in [-0.2, -0.15) is 4.98 Å². The third kappa shape index (κ3) is 3.32. The highest BCUT2D eigenvalue weighted by Gasteiger charge is 2.19. The Morgan fingerprint density at radius 2 is 2.11 bits per heavy atom. The van der Waals surface area contributed by atoms with Gasteiger partial charge < -0.3 is 16.0 Å². The molecule has 1 amide bonds. The minimum atomic E-state index is -0.335. The van der Waals surface area contributed by atoms with E-state index in [2.05, 4.69) is 15.3 Å². The van der Waals surface area contributed by atoms with Gasteiger partial charge in [0.1, 0.15) is 11.9 Å². The summed E-state index contributed by atoms with van der Waals surface area (Å²) in [4.78, 5) is 21.9. The number of hydrogen-bond acceptors (Lipinski definition) is 5. The third-order valence-electron chi connectivity index (χ3n) is 2.79. The van der Waals surface area contributed by atoms with Crippen LogP contribution in [0.4, 0.5) is 11.8 Å². The molecule has 0 aromatic carbocycles. The Morgan fingerprint density at radius 3 is 2.67 bits per heavy atom. The van der Waals surface area contributed by atoms with E-state index in [1.807, 2.05) is 27.7 Å². The van der Waals surface area contributed by atoms with Crippen molar-refractivity contribution in [3.8, 4) is 0 Å². The first-order valence-corrected chi connectivity index (χ1v) is 6.14. The number of nitrogens with zero attached hydrogens (tertiary/aromatic N) is 3. The Kier molecular flexibility index (Phi) is 4.88. The fourth-order valence-corrected chi connectivity index (χ4v) is 1.68. The van der Waals surface area contributed by atoms with E-state index in [-0.39, 0.29) is 17.9 Å². The topological polar surface area (TPSA) is 84.1 Å². The van der Waals surface area contributed by atoms with Gasteiger partial charge in [-0.3, -0.25) is 4.79 Å². The number of nitrogens with one attached hydrogen (secondary N) is 1. The maximum atomic E-state index is 12.1. The van der Waals surface area contributed by atoms with Gasteiger partial charge in [-0.05, 0) is 27.7 Å². The van der Waals surface area contributed by atoms with Crippen molar-refractivity contribution < 1.29 is 4.79 Å². The van der Waals surface area contributed by atoms with Crippen molar-refractivity contribution >= 4 is 17.7 Å². The number of carbonyl (C=O) groups is 1. The number of nitrogen functional groups attached to an aromatic ring is 1. The average molecular weight is 251 g/mol. The first kappa shape index (κ1) is 14.2. The number of carbonyl (C=O) groups excluding carboxylic acids is 1. The lowest BCUT2D eigenvalue weighted by atomic mass is 10.2. The van der Waals surface area contributed by atoms with E-state index in [0.29, 0.717) is 18.9 Å². The summed E-state index contributed by atoms with van der Waals surface area (Å²) in [5.41, 5.74) is 6.40. The van der Waals surface area contributed by atoms with Crippen LogP contribution in [0.25, 0.3) is 0 Å². The molecule has 0 fully saturated rings. The van der Waals surface area contributed by atoms with Gasteiger partial charge in [-0.25, -0.2) is 4.98 Å². The standard InChI is InChI=1S/C12H21N5O/c1-5-17(6-2)11(18)9(4)15-10-8(3)7-14-12(13)16-10/h7,9H,5-6H2,1-4H3,(H3,13,14,15,16). The number of aryl methyl sites for hydroxylation is 1. The molecule has 1 unspecified atom stereocenters. The van der Waals surface area contributed by atoms with Crippen LogP contribution < -0.4 is 11.1 Å². The largest absolute Gasteiger partial charge is 0.368 e. The molecular weight excluding hydrogens is 230 g/mol. The number of anilines is 2. The van der Waals surface area contributed by atoms with E-state index in [0.717, 1.165) is 5.56 Å². The molecular formula is C12H21N5O. The predicted molar refractivity (Wildman–Crippen MR) is 72.2 cm³/mol. The van der Waals surface area contributed by atoms with Crippen molar-refractivity contribution in [1.29, 1.82) is 0 Å². The van der Waals surface area contributed by atoms with Gasteiger partial charge in [-0.15, -0.1) is 0 Å². The minimum absolute atomic E-state index is 0.0524. The number of hydrogen-bond donors (Lipinski definition) is 2. The smallest absolute Gasteiger partial charge is 0.244 e. The number of likely N-dealkylation sites (N-methyl/N-ethyl adjacent to an activating group) is 1. The summed E-state index contributed by atoms with van der Waals surface area (Å²) in [6.45, 7) is 9.01. The molecule has 1 heterocycles. The molecule has 1 rings (SSSR count). The summed E-state index contributed by atoms with van der Waals surface area (Å²) in [5, 5.41) is 3.08. The maximum absolute atomic E-state index is 12.1. The second-order valence-electron chi connectivity index (χ2n) is 4.14. The number of nitrogens with two attached hydrogens (primary N) is 1. The van der Waals surface area contributed by atoms with Crippen molar-refractivity contribution in [2.45, 2.75) is 33.7 Å². The average Bonchev–Trinajstić information content (AvgIpc) is 2.35. The Balaban J connectivity index is 2.77. The van der Waals surface area contributed by atoms with Crippen LogP contribution in [0.5, 0.6) is 0 Å². The molecule has 0 spiro atoms. The molecule has 1 aromatic rings. The summed E-state index contributed by atoms with van der Waals surface area (Å²) in [5.74, 6) is 0.859. The summed E-state index contributed by atoms with van der Waals surface area (Å²) in [7, 11) is 0. The van der Waals surface area contributed by atoms with Gasteiger partial charge in [0.05, 0.1) is 0 Å². The van der Waals surface area contributed by atoms with Gasteiger partial charge in [0.15, 0.2) is 0 Å². The Morgan fingerprint density at radius 1 is 1.50 bits per heavy atom. The molecule has 1 aromatic heterocycles. The first-order chi connectivity index (χ1) is 8.49. The Hall–Kier alpha value is -1.85. The van der Waals surface area contributed by atoms with Crippen LogP contribution in [0.1, 0.15) is 26.3 Å². The highest BCUT2D eigenvalue weighted by molar-refractivity contribution is 5.84. The van der Waals surface area contributed by atoms with Crippen molar-refractivity contribution in [3.05, 3.63) is 11.8 Å². The van der Waals surface area contributed by atoms with Gasteiger partial charge in [-0.1, -0.05) is 0 Å². The summed E-state index contributed by atoms with van der Waals surface area (Å²) in [6.07, 6.45) is 1.64. The molecule has 0 saturated carbocycles. The molecule has 0 bridgehead atoms. The molecule has 6 heteroatoms. The van der Waals surface area contributed by atoms with E-state index in [9.17, 15) is 4.79 Å². The zero-order valence-electron chi connectivity index (χ0n) is 11.4. The van der Waals surface area contributed by atoms with Crippen molar-refractivity contribution in [1.82, 2.24) is 14.9 Å². The predicted octanol–water partition coefficient (Wildman–Crippen LogP) is 1.04. The summed E-state index contributed by atoms with van der Waals surface area (Å²) in [6, 6.07) is -0.335. The zero-order valence-corrected chi connectivity index (χ0v) is 11.4. The van der Waals surface area contributed by atoms with Crippen LogP contribution >= 0.6 is 0 Å². The molecule has 0 aliphatic rings. The zero-order chi connectivity index (χ0) is 13.7. The highest BCUT2D eigenvalue weighted by Crippen LogP contribution is 2.12. The Bertz CT molecular complexity index is 417. The van der Waals surface area contributed by atoms with Crippen LogP contribution in [0.3, 0.4) is 0 Å². The van der Waals surface area contributed by atoms with E-state index in [1.54, 1.807) is 11.1 Å². The fourth-order valence-electron chi connectivity index (χ4n) is 1.68. The first-order valence-electron chi connectivity index (χ1n) is 6.14. The summed E-state index contributed by atoms with van der Waals surface area (Å²) < 4.78 is 0. The SMILES string of the molecule is CCN(CC)C(=O)C(C)Nc1nc(N)ncc1C. The molecule has 0 saturated heterocycles. The number of rotatable bonds is 5. The summed E-state index contributed by atoms with van der Waals surface area (Å²) >= 11 is 0. The second kappa shape index (κ2) is 6.18. The minimum Gasteiger partial charge on any atom is -0.368 e. The van der Waals surface area contributed by atoms with Crippen LogP contribution in [-0.4, -0.2) is 39.9 Å². The number of amides is 1. The maximum Gasteiger partial charge on any atom is 0.244 e. The quantitative estimate of drug-likeness (QED) is 0.816. The van der Waals surface area contributed by atoms with E-state index >= 15 is 0 Å². The fraction of sp³-hybridized carbons (Fsp3) is 0.583. The molecule has 0 aliphatic heterocycles. The van der Waals surface area contributed by atoms with Crippen LogP contribution in [0.2, 0.25) is 0 Å². The lowest BCUT2D eigenvalue weighted by Gasteiger charge is -2.24. The lowest BCUT2D eigenvalue weighted by molar-refractivity contribution is -0.131. The molecule has 3 N–H and O–H groups in total. The van der Waals surface area contributed by atoms with Gasteiger partial charge in [0, 0.05) is 24.8 Å². The van der Waals surface area contributed by atoms with Crippen LogP contribution in [0.15, 0.2) is 6.20 Å². The number of aromatic nitrogens is 2. The molecule has 0 radical (unpaired) electrons. The van der Waals surface area contributed by atoms with Gasteiger partial charge in [0.2, 0.25) is 11.9 Å². The van der Waals surface area contributed by atoms with Crippen molar-refractivity contribution in [2.24, 2.45) is 0 Å². The molecule has 1 atom stereocenters. The molecule has 6 nitrogen and oxygen atoms in total. The van der Waals surface area contributed by atoms with Gasteiger partial charge >= 0.3 is 0 Å². The van der Waals surface area contributed by atoms with E-state index in [4.69, 9.17) is 5.73 Å². The Labute approximate surface area is 108 Å².